The smallest absolute Gasteiger partial charge is 0.269 e. The quantitative estimate of drug-likeness (QED) is 0.0364. The molecule has 12 heteroatoms. The molecular weight excluding hydrogens is 648 g/mol. The molecule has 0 radical (unpaired) electrons. The van der Waals surface area contributed by atoms with E-state index in [1.807, 2.05) is 13.0 Å². The van der Waals surface area contributed by atoms with Crippen molar-refractivity contribution in [3.63, 3.8) is 0 Å². The molecule has 0 aliphatic carbocycles. The monoisotopic (exact) mass is 704 g/mol. The Kier molecular flexibility index (Phi) is 19.2. The van der Waals surface area contributed by atoms with E-state index in [4.69, 9.17) is 9.47 Å². The molecule has 0 saturated heterocycles. The Morgan fingerprint density at radius 1 is 0.647 bits per heavy atom. The molecule has 0 bridgehead atoms. The molecular formula is C39H56N6O6. The molecule has 51 heavy (non-hydrogen) atoms. The summed E-state index contributed by atoms with van der Waals surface area (Å²) in [6.45, 7) is 8.19. The first kappa shape index (κ1) is 41.0. The van der Waals surface area contributed by atoms with Gasteiger partial charge >= 0.3 is 0 Å². The van der Waals surface area contributed by atoms with Gasteiger partial charge in [-0.3, -0.25) is 10.1 Å². The number of non-ortho nitro benzene ring substituents is 1. The van der Waals surface area contributed by atoms with Gasteiger partial charge in [0.15, 0.2) is 0 Å². The lowest BCUT2D eigenvalue weighted by molar-refractivity contribution is -0.384. The lowest BCUT2D eigenvalue weighted by atomic mass is 10.1. The van der Waals surface area contributed by atoms with Crippen molar-refractivity contribution in [1.82, 2.24) is 0 Å². The summed E-state index contributed by atoms with van der Waals surface area (Å²) in [6.07, 6.45) is 15.2. The number of azo groups is 2. The van der Waals surface area contributed by atoms with Crippen LogP contribution in [0, 0.1) is 17.0 Å². The minimum Gasteiger partial charge on any atom is -0.489 e. The highest BCUT2D eigenvalue weighted by Gasteiger charge is 2.15. The Hall–Kier alpha value is -4.42. The number of benzene rings is 3. The van der Waals surface area contributed by atoms with Crippen LogP contribution in [0.1, 0.15) is 96.5 Å². The summed E-state index contributed by atoms with van der Waals surface area (Å²) in [7, 11) is 0. The van der Waals surface area contributed by atoms with Crippen LogP contribution in [0.2, 0.25) is 0 Å². The van der Waals surface area contributed by atoms with E-state index in [1.165, 1.54) is 107 Å². The molecule has 2 N–H and O–H groups in total. The largest absolute Gasteiger partial charge is 0.489 e. The highest BCUT2D eigenvalue weighted by Crippen LogP contribution is 2.42. The van der Waals surface area contributed by atoms with Gasteiger partial charge in [-0.05, 0) is 55.7 Å². The third-order valence-electron chi connectivity index (χ3n) is 8.45. The molecule has 0 fully saturated rings. The van der Waals surface area contributed by atoms with Gasteiger partial charge in [0.1, 0.15) is 36.1 Å². The predicted molar refractivity (Wildman–Crippen MR) is 203 cm³/mol. The number of anilines is 1. The fourth-order valence-electron chi connectivity index (χ4n) is 5.58. The Morgan fingerprint density at radius 2 is 1.14 bits per heavy atom. The number of ether oxygens (including phenoxy) is 2. The molecule has 0 aliphatic rings. The van der Waals surface area contributed by atoms with Crippen molar-refractivity contribution in [1.29, 1.82) is 0 Å². The van der Waals surface area contributed by atoms with Crippen molar-refractivity contribution in [3.8, 4) is 11.5 Å². The van der Waals surface area contributed by atoms with E-state index in [2.05, 4.69) is 51.3 Å². The van der Waals surface area contributed by atoms with Gasteiger partial charge in [-0.2, -0.15) is 10.2 Å². The van der Waals surface area contributed by atoms with Gasteiger partial charge in [-0.25, -0.2) is 0 Å². The van der Waals surface area contributed by atoms with Gasteiger partial charge in [-0.15, -0.1) is 10.2 Å². The first-order valence-corrected chi connectivity index (χ1v) is 18.5. The standard InChI is InChI=1S/C39H56N6O6/c1-4-6-8-10-12-14-22-44(23-15-13-11-9-7-5-2)34-20-21-35(31(3)28-34)41-43-37-30-38(50-26-24-46)36(29-39(37)51-27-25-47)42-40-32-16-18-33(19-17-32)45(48)49/h16-21,28-30,46-47H,4-15,22-27H2,1-3H3/b42-40+,43-41+. The highest BCUT2D eigenvalue weighted by molar-refractivity contribution is 5.67. The summed E-state index contributed by atoms with van der Waals surface area (Å²) in [5.74, 6) is 0.590. The Labute approximate surface area is 302 Å². The molecule has 12 nitrogen and oxygen atoms in total. The van der Waals surface area contributed by atoms with E-state index in [9.17, 15) is 20.3 Å². The third kappa shape index (κ3) is 14.8. The van der Waals surface area contributed by atoms with E-state index in [0.29, 0.717) is 22.8 Å². The van der Waals surface area contributed by atoms with Gasteiger partial charge in [0.05, 0.1) is 29.5 Å². The van der Waals surface area contributed by atoms with Crippen LogP contribution >= 0.6 is 0 Å². The number of nitro groups is 1. The van der Waals surface area contributed by atoms with E-state index in [1.54, 1.807) is 12.1 Å². The molecule has 3 aromatic carbocycles. The minimum atomic E-state index is -0.487. The van der Waals surface area contributed by atoms with Gasteiger partial charge < -0.3 is 24.6 Å². The molecule has 0 unspecified atom stereocenters. The molecule has 0 amide bonds. The summed E-state index contributed by atoms with van der Waals surface area (Å²) in [5.41, 5.74) is 3.88. The maximum Gasteiger partial charge on any atom is 0.269 e. The first-order chi connectivity index (χ1) is 24.9. The van der Waals surface area contributed by atoms with Crippen LogP contribution in [-0.4, -0.2) is 54.7 Å². The van der Waals surface area contributed by atoms with Crippen LogP contribution < -0.4 is 14.4 Å². The normalized spacial score (nSPS) is 11.5. The lowest BCUT2D eigenvalue weighted by Gasteiger charge is -2.26. The minimum absolute atomic E-state index is 0.00201. The molecule has 0 spiro atoms. The number of aliphatic hydroxyl groups is 2. The number of aliphatic hydroxyl groups excluding tert-OH is 2. The van der Waals surface area contributed by atoms with Crippen molar-refractivity contribution < 1.29 is 24.6 Å². The molecule has 0 heterocycles. The zero-order chi connectivity index (χ0) is 36.7. The Morgan fingerprint density at radius 3 is 1.63 bits per heavy atom. The summed E-state index contributed by atoms with van der Waals surface area (Å²) in [4.78, 5) is 13.0. The molecule has 0 saturated carbocycles. The fraction of sp³-hybridized carbons (Fsp3) is 0.538. The van der Waals surface area contributed by atoms with Crippen LogP contribution in [-0.2, 0) is 0 Å². The topological polar surface area (TPSA) is 155 Å². The second kappa shape index (κ2) is 23.9. The SMILES string of the molecule is CCCCCCCCN(CCCCCCCC)c1ccc(/N=N/c2cc(OCCO)c(/N=N/c3ccc([N+](=O)[O-])cc3)cc2OCCO)c(C)c1. The molecule has 0 aromatic heterocycles. The predicted octanol–water partition coefficient (Wildman–Crippen LogP) is 11.0. The molecule has 278 valence electrons. The summed E-state index contributed by atoms with van der Waals surface area (Å²) >= 11 is 0. The van der Waals surface area contributed by atoms with Gasteiger partial charge in [-0.1, -0.05) is 78.1 Å². The zero-order valence-corrected chi connectivity index (χ0v) is 30.6. The summed E-state index contributed by atoms with van der Waals surface area (Å²) < 4.78 is 11.6. The number of rotatable bonds is 26. The second-order valence-corrected chi connectivity index (χ2v) is 12.6. The van der Waals surface area contributed by atoms with Gasteiger partial charge in [0.2, 0.25) is 0 Å². The summed E-state index contributed by atoms with van der Waals surface area (Å²) in [6, 6.07) is 15.1. The van der Waals surface area contributed by atoms with Crippen LogP contribution in [0.25, 0.3) is 0 Å². The lowest BCUT2D eigenvalue weighted by Crippen LogP contribution is -2.25. The van der Waals surface area contributed by atoms with Crippen LogP contribution in [0.5, 0.6) is 11.5 Å². The second-order valence-electron chi connectivity index (χ2n) is 12.6. The molecule has 3 rings (SSSR count). The van der Waals surface area contributed by atoms with Crippen molar-refractivity contribution >= 4 is 34.1 Å². The molecule has 3 aromatic rings. The number of nitrogens with zero attached hydrogens (tertiary/aromatic N) is 6. The van der Waals surface area contributed by atoms with E-state index >= 15 is 0 Å². The van der Waals surface area contributed by atoms with Crippen molar-refractivity contribution in [2.45, 2.75) is 97.8 Å². The maximum atomic E-state index is 11.0. The average molecular weight is 705 g/mol. The van der Waals surface area contributed by atoms with E-state index < -0.39 is 4.92 Å². The van der Waals surface area contributed by atoms with Crippen molar-refractivity contribution in [3.05, 3.63) is 70.3 Å². The summed E-state index contributed by atoms with van der Waals surface area (Å²) in [5, 5.41) is 47.5. The fourth-order valence-corrected chi connectivity index (χ4v) is 5.58. The average Bonchev–Trinajstić information content (AvgIpc) is 3.14. The van der Waals surface area contributed by atoms with Crippen LogP contribution in [0.15, 0.2) is 75.1 Å². The number of hydrogen-bond donors (Lipinski definition) is 2. The first-order valence-electron chi connectivity index (χ1n) is 18.5. The highest BCUT2D eigenvalue weighted by atomic mass is 16.6. The van der Waals surface area contributed by atoms with E-state index in [0.717, 1.165) is 18.7 Å². The Bertz CT molecular complexity index is 1500. The number of aryl methyl sites for hydroxylation is 1. The van der Waals surface area contributed by atoms with Crippen molar-refractivity contribution in [2.75, 3.05) is 44.4 Å². The van der Waals surface area contributed by atoms with E-state index in [-0.39, 0.29) is 43.6 Å². The van der Waals surface area contributed by atoms with Crippen LogP contribution in [0.4, 0.5) is 34.1 Å². The molecule has 0 aliphatic heterocycles. The number of hydrogen-bond acceptors (Lipinski definition) is 11. The van der Waals surface area contributed by atoms with Gasteiger partial charge in [0.25, 0.3) is 5.69 Å². The maximum absolute atomic E-state index is 11.0. The number of unbranched alkanes of at least 4 members (excludes halogenated alkanes) is 10. The van der Waals surface area contributed by atoms with Gasteiger partial charge in [0, 0.05) is 43.0 Å². The van der Waals surface area contributed by atoms with Crippen LogP contribution in [0.3, 0.4) is 0 Å². The van der Waals surface area contributed by atoms with Crippen molar-refractivity contribution in [2.24, 2.45) is 20.5 Å². The molecule has 0 atom stereocenters. The Balaban J connectivity index is 1.84. The number of nitro benzene ring substituents is 1. The third-order valence-corrected chi connectivity index (χ3v) is 8.45. The zero-order valence-electron chi connectivity index (χ0n) is 30.6.